The van der Waals surface area contributed by atoms with Gasteiger partial charge in [-0.3, -0.25) is 4.79 Å². The fraction of sp³-hybridized carbons (Fsp3) is 0.667. The molecule has 0 radical (unpaired) electrons. The van der Waals surface area contributed by atoms with E-state index in [1.165, 1.54) is 50.9 Å². The van der Waals surface area contributed by atoms with Crippen LogP contribution < -0.4 is 10.2 Å². The van der Waals surface area contributed by atoms with Crippen LogP contribution in [0.25, 0.3) is 0 Å². The van der Waals surface area contributed by atoms with Crippen molar-refractivity contribution in [1.82, 2.24) is 19.9 Å². The highest BCUT2D eigenvalue weighted by Crippen LogP contribution is 2.36. The van der Waals surface area contributed by atoms with Gasteiger partial charge in [0, 0.05) is 44.5 Å². The number of aromatic nitrogens is 3. The van der Waals surface area contributed by atoms with Crippen LogP contribution in [0.15, 0.2) is 15.9 Å². The Morgan fingerprint density at radius 2 is 1.76 bits per heavy atom. The minimum absolute atomic E-state index is 0.486. The zero-order valence-corrected chi connectivity index (χ0v) is 25.7. The summed E-state index contributed by atoms with van der Waals surface area (Å²) in [5, 5.41) is 5.11. The van der Waals surface area contributed by atoms with Crippen LogP contribution in [0.1, 0.15) is 64.3 Å². The van der Waals surface area contributed by atoms with Crippen molar-refractivity contribution in [2.24, 2.45) is 0 Å². The van der Waals surface area contributed by atoms with Crippen molar-refractivity contribution in [1.29, 1.82) is 0 Å². The summed E-state index contributed by atoms with van der Waals surface area (Å²) in [6, 6.07) is 0. The molecule has 3 rings (SSSR count). The first kappa shape index (κ1) is 33.1. The summed E-state index contributed by atoms with van der Waals surface area (Å²) in [6.45, 7) is 9.43. The van der Waals surface area contributed by atoms with Crippen molar-refractivity contribution in [3.05, 3.63) is 23.0 Å². The molecule has 0 aliphatic carbocycles. The number of ether oxygens (including phenoxy) is 1. The number of carbonyl (C=O) groups is 2. The second-order valence-corrected chi connectivity index (χ2v) is 13.3. The van der Waals surface area contributed by atoms with Gasteiger partial charge in [0.2, 0.25) is 5.95 Å². The number of anilines is 2. The van der Waals surface area contributed by atoms with Crippen molar-refractivity contribution in [2.75, 3.05) is 50.0 Å². The van der Waals surface area contributed by atoms with E-state index in [9.17, 15) is 22.8 Å². The average molecular weight is 617 g/mol. The molecule has 1 aliphatic heterocycles. The van der Waals surface area contributed by atoms with Gasteiger partial charge in [-0.15, -0.1) is 11.3 Å². The quantitative estimate of drug-likeness (QED) is 0.129. The molecule has 0 atom stereocenters. The van der Waals surface area contributed by atoms with Gasteiger partial charge in [0.1, 0.15) is 4.75 Å². The molecule has 14 heteroatoms. The number of halogens is 3. The molecule has 1 saturated heterocycles. The Bertz CT molecular complexity index is 1150. The molecule has 0 spiro atoms. The minimum atomic E-state index is -5.23. The van der Waals surface area contributed by atoms with Gasteiger partial charge in [-0.25, -0.2) is 19.7 Å². The monoisotopic (exact) mass is 616 g/mol. The lowest BCUT2D eigenvalue weighted by Gasteiger charge is -2.34. The molecule has 0 unspecified atom stereocenters. The van der Waals surface area contributed by atoms with Gasteiger partial charge in [-0.05, 0) is 33.7 Å². The number of rotatable bonds is 14. The normalized spacial score (nSPS) is 14.8. The van der Waals surface area contributed by atoms with Gasteiger partial charge >= 0.3 is 18.1 Å². The first-order chi connectivity index (χ1) is 19.4. The number of thiazole rings is 1. The van der Waals surface area contributed by atoms with Gasteiger partial charge in [0.05, 0.1) is 23.3 Å². The predicted octanol–water partition coefficient (Wildman–Crippen LogP) is 5.36. The number of carbonyl (C=O) groups excluding carboxylic acids is 2. The largest absolute Gasteiger partial charge is 0.491 e. The van der Waals surface area contributed by atoms with E-state index in [1.54, 1.807) is 0 Å². The van der Waals surface area contributed by atoms with Crippen LogP contribution in [-0.4, -0.2) is 82.5 Å². The maximum absolute atomic E-state index is 12.4. The van der Waals surface area contributed by atoms with E-state index in [-0.39, 0.29) is 0 Å². The molecule has 1 N–H and O–H groups in total. The summed E-state index contributed by atoms with van der Waals surface area (Å²) >= 11 is 2.22. The minimum Gasteiger partial charge on any atom is -0.385 e. The van der Waals surface area contributed by atoms with Crippen LogP contribution in [0.5, 0.6) is 0 Å². The summed E-state index contributed by atoms with van der Waals surface area (Å²) in [4.78, 5) is 41.8. The van der Waals surface area contributed by atoms with Gasteiger partial charge < -0.3 is 19.9 Å². The fourth-order valence-corrected chi connectivity index (χ4v) is 6.43. The Balaban J connectivity index is 1.56. The lowest BCUT2D eigenvalue weighted by molar-refractivity contribution is -0.202. The van der Waals surface area contributed by atoms with Crippen molar-refractivity contribution < 1.29 is 27.5 Å². The van der Waals surface area contributed by atoms with Crippen molar-refractivity contribution in [3.63, 3.8) is 0 Å². The van der Waals surface area contributed by atoms with E-state index < -0.39 is 22.9 Å². The zero-order chi connectivity index (χ0) is 30.0. The molecule has 9 nitrogen and oxygen atoms in total. The third-order valence-corrected chi connectivity index (χ3v) is 8.82. The Morgan fingerprint density at radius 3 is 2.44 bits per heavy atom. The molecule has 1 aliphatic rings. The van der Waals surface area contributed by atoms with Crippen LogP contribution in [0.3, 0.4) is 0 Å². The van der Waals surface area contributed by atoms with E-state index in [2.05, 4.69) is 43.8 Å². The molecule has 2 aromatic rings. The summed E-state index contributed by atoms with van der Waals surface area (Å²) in [5.74, 6) is -3.24. The smallest absolute Gasteiger partial charge is 0.385 e. The summed E-state index contributed by atoms with van der Waals surface area (Å²) < 4.78 is 40.4. The van der Waals surface area contributed by atoms with E-state index in [0.717, 1.165) is 67.9 Å². The number of esters is 2. The molecule has 0 bridgehead atoms. The molecule has 0 amide bonds. The van der Waals surface area contributed by atoms with Crippen LogP contribution in [0.2, 0.25) is 0 Å². The third kappa shape index (κ3) is 10.4. The fourth-order valence-electron chi connectivity index (χ4n) is 4.16. The van der Waals surface area contributed by atoms with E-state index in [0.29, 0.717) is 23.3 Å². The Morgan fingerprint density at radius 1 is 1.05 bits per heavy atom. The highest BCUT2D eigenvalue weighted by Gasteiger charge is 2.45. The van der Waals surface area contributed by atoms with Crippen LogP contribution in [0, 0.1) is 0 Å². The highest BCUT2D eigenvalue weighted by molar-refractivity contribution is 8.03. The lowest BCUT2D eigenvalue weighted by Crippen LogP contribution is -2.45. The lowest BCUT2D eigenvalue weighted by atomic mass is 10.1. The Labute approximate surface area is 247 Å². The molecule has 1 fully saturated rings. The standard InChI is InChI=1S/C27H39F3N6O3S2/c1-5-6-7-8-9-10-20-21(36-15-13-35(4)14-16-36)17-32-24(34-20)31-12-11-19-18-40-25(33-19)41-26(2,3)22(37)39-23(38)27(28,29)30/h17-18H,5-16H2,1-4H3,(H,31,32,34). The predicted molar refractivity (Wildman–Crippen MR) is 156 cm³/mol. The number of nitrogens with one attached hydrogen (secondary N) is 1. The molecule has 41 heavy (non-hydrogen) atoms. The Hall–Kier alpha value is -2.45. The van der Waals surface area contributed by atoms with Crippen molar-refractivity contribution in [2.45, 2.75) is 81.0 Å². The molecule has 0 aromatic carbocycles. The summed E-state index contributed by atoms with van der Waals surface area (Å²) in [6.07, 6.45) is 4.11. The average Bonchev–Trinajstić information content (AvgIpc) is 3.35. The molecule has 3 heterocycles. The zero-order valence-electron chi connectivity index (χ0n) is 24.1. The summed E-state index contributed by atoms with van der Waals surface area (Å²) in [7, 11) is 2.13. The second kappa shape index (κ2) is 15.1. The number of hydrogen-bond donors (Lipinski definition) is 1. The van der Waals surface area contributed by atoms with Gasteiger partial charge in [0.25, 0.3) is 0 Å². The van der Waals surface area contributed by atoms with Crippen LogP contribution in [0.4, 0.5) is 24.8 Å². The van der Waals surface area contributed by atoms with Gasteiger partial charge in [0.15, 0.2) is 4.34 Å². The third-order valence-electron chi connectivity index (χ3n) is 6.65. The Kier molecular flexibility index (Phi) is 12.2. The number of likely N-dealkylation sites (N-methyl/N-ethyl adjacent to an activating group) is 1. The van der Waals surface area contributed by atoms with E-state index >= 15 is 0 Å². The number of thioether (sulfide) groups is 1. The topological polar surface area (TPSA) is 101 Å². The summed E-state index contributed by atoms with van der Waals surface area (Å²) in [5.41, 5.74) is 2.93. The molecule has 0 saturated carbocycles. The number of unbranched alkanes of at least 4 members (excludes halogenated alkanes) is 4. The number of aryl methyl sites for hydroxylation is 1. The van der Waals surface area contributed by atoms with E-state index in [1.807, 2.05) is 11.6 Å². The maximum atomic E-state index is 12.4. The molecular weight excluding hydrogens is 577 g/mol. The SMILES string of the molecule is CCCCCCCc1nc(NCCc2csc(SC(C)(C)C(=O)OC(=O)C(F)(F)F)n2)ncc1N1CCN(C)CC1. The number of nitrogens with zero attached hydrogens (tertiary/aromatic N) is 5. The van der Waals surface area contributed by atoms with Crippen molar-refractivity contribution >= 4 is 46.7 Å². The second-order valence-electron chi connectivity index (χ2n) is 10.5. The number of alkyl halides is 3. The number of piperazine rings is 1. The molecular formula is C27H39F3N6O3S2. The molecule has 228 valence electrons. The van der Waals surface area contributed by atoms with Gasteiger partial charge in [-0.2, -0.15) is 13.2 Å². The number of hydrogen-bond acceptors (Lipinski definition) is 11. The molecule has 2 aromatic heterocycles. The van der Waals surface area contributed by atoms with Crippen LogP contribution in [-0.2, 0) is 27.2 Å². The van der Waals surface area contributed by atoms with Crippen molar-refractivity contribution in [3.8, 4) is 0 Å². The maximum Gasteiger partial charge on any atom is 0.491 e. The first-order valence-electron chi connectivity index (χ1n) is 13.9. The van der Waals surface area contributed by atoms with E-state index in [4.69, 9.17) is 4.98 Å². The first-order valence-corrected chi connectivity index (χ1v) is 15.6. The highest BCUT2D eigenvalue weighted by atomic mass is 32.2. The van der Waals surface area contributed by atoms with Gasteiger partial charge in [-0.1, -0.05) is 44.4 Å². The van der Waals surface area contributed by atoms with Crippen LogP contribution >= 0.6 is 23.1 Å².